The third-order valence-corrected chi connectivity index (χ3v) is 3.43. The molecule has 1 heterocycles. The second-order valence-electron chi connectivity index (χ2n) is 4.10. The van der Waals surface area contributed by atoms with Gasteiger partial charge in [0.1, 0.15) is 11.6 Å². The largest absolute Gasteiger partial charge is 0.438 e. The van der Waals surface area contributed by atoms with E-state index in [-0.39, 0.29) is 5.84 Å². The fraction of sp³-hybridized carbons (Fsp3) is 0.231. The van der Waals surface area contributed by atoms with Gasteiger partial charge in [0, 0.05) is 18.0 Å². The SMILES string of the molecule is CSc1cccc(Oc2cc(C)nn2C)c1C(=N)N. The summed E-state index contributed by atoms with van der Waals surface area (Å²) in [5.41, 5.74) is 7.15. The Morgan fingerprint density at radius 3 is 2.74 bits per heavy atom. The van der Waals surface area contributed by atoms with E-state index in [2.05, 4.69) is 5.10 Å². The topological polar surface area (TPSA) is 76.9 Å². The van der Waals surface area contributed by atoms with Gasteiger partial charge in [0.25, 0.3) is 0 Å². The highest BCUT2D eigenvalue weighted by Gasteiger charge is 2.14. The third kappa shape index (κ3) is 2.73. The van der Waals surface area contributed by atoms with E-state index in [1.807, 2.05) is 38.4 Å². The van der Waals surface area contributed by atoms with E-state index < -0.39 is 0 Å². The fourth-order valence-electron chi connectivity index (χ4n) is 1.83. The monoisotopic (exact) mass is 276 g/mol. The van der Waals surface area contributed by atoms with Crippen molar-refractivity contribution >= 4 is 17.6 Å². The first-order chi connectivity index (χ1) is 9.02. The number of aryl methyl sites for hydroxylation is 2. The minimum Gasteiger partial charge on any atom is -0.438 e. The Morgan fingerprint density at radius 1 is 1.47 bits per heavy atom. The van der Waals surface area contributed by atoms with Gasteiger partial charge in [-0.05, 0) is 25.3 Å². The van der Waals surface area contributed by atoms with Crippen molar-refractivity contribution in [1.82, 2.24) is 9.78 Å². The van der Waals surface area contributed by atoms with Crippen molar-refractivity contribution in [2.24, 2.45) is 12.8 Å². The molecule has 0 aliphatic carbocycles. The molecule has 0 atom stereocenters. The molecule has 1 aromatic carbocycles. The van der Waals surface area contributed by atoms with Crippen LogP contribution in [0.4, 0.5) is 0 Å². The fourth-order valence-corrected chi connectivity index (χ4v) is 2.46. The summed E-state index contributed by atoms with van der Waals surface area (Å²) < 4.78 is 7.49. The molecule has 0 unspecified atom stereocenters. The van der Waals surface area contributed by atoms with Crippen LogP contribution in [0.15, 0.2) is 29.2 Å². The third-order valence-electron chi connectivity index (χ3n) is 2.65. The molecule has 0 spiro atoms. The normalized spacial score (nSPS) is 10.5. The lowest BCUT2D eigenvalue weighted by Gasteiger charge is -2.12. The van der Waals surface area contributed by atoms with Crippen LogP contribution in [-0.4, -0.2) is 21.9 Å². The molecule has 2 aromatic rings. The van der Waals surface area contributed by atoms with Crippen molar-refractivity contribution < 1.29 is 4.74 Å². The van der Waals surface area contributed by atoms with Crippen molar-refractivity contribution in [2.75, 3.05) is 6.26 Å². The van der Waals surface area contributed by atoms with Crippen LogP contribution in [0.25, 0.3) is 0 Å². The van der Waals surface area contributed by atoms with Gasteiger partial charge in [-0.1, -0.05) is 6.07 Å². The lowest BCUT2D eigenvalue weighted by atomic mass is 10.2. The first kappa shape index (κ1) is 13.5. The molecule has 0 aliphatic heterocycles. The molecular weight excluding hydrogens is 260 g/mol. The van der Waals surface area contributed by atoms with Crippen LogP contribution in [0.5, 0.6) is 11.6 Å². The van der Waals surface area contributed by atoms with Gasteiger partial charge >= 0.3 is 0 Å². The summed E-state index contributed by atoms with van der Waals surface area (Å²) in [6, 6.07) is 7.45. The van der Waals surface area contributed by atoms with E-state index in [1.165, 1.54) is 11.8 Å². The highest BCUT2D eigenvalue weighted by Crippen LogP contribution is 2.31. The zero-order valence-corrected chi connectivity index (χ0v) is 11.9. The van der Waals surface area contributed by atoms with Crippen LogP contribution in [0, 0.1) is 12.3 Å². The molecule has 0 saturated heterocycles. The maximum absolute atomic E-state index is 7.71. The van der Waals surface area contributed by atoms with Gasteiger partial charge in [0.05, 0.1) is 11.3 Å². The Hall–Kier alpha value is -1.95. The first-order valence-electron chi connectivity index (χ1n) is 5.73. The molecule has 0 fully saturated rings. The Kier molecular flexibility index (Phi) is 3.80. The molecule has 3 N–H and O–H groups in total. The van der Waals surface area contributed by atoms with E-state index in [9.17, 15) is 0 Å². The summed E-state index contributed by atoms with van der Waals surface area (Å²) in [5.74, 6) is 1.19. The highest BCUT2D eigenvalue weighted by atomic mass is 32.2. The summed E-state index contributed by atoms with van der Waals surface area (Å²) in [4.78, 5) is 0.920. The van der Waals surface area contributed by atoms with Crippen LogP contribution in [0.2, 0.25) is 0 Å². The smallest absolute Gasteiger partial charge is 0.217 e. The molecule has 1 aromatic heterocycles. The molecule has 0 saturated carbocycles. The molecule has 19 heavy (non-hydrogen) atoms. The summed E-state index contributed by atoms with van der Waals surface area (Å²) >= 11 is 1.53. The zero-order chi connectivity index (χ0) is 14.0. The number of thioether (sulfide) groups is 1. The number of nitrogens with two attached hydrogens (primary N) is 1. The van der Waals surface area contributed by atoms with Crippen LogP contribution in [0.1, 0.15) is 11.3 Å². The Balaban J connectivity index is 2.45. The number of hydrogen-bond acceptors (Lipinski definition) is 4. The second-order valence-corrected chi connectivity index (χ2v) is 4.94. The number of hydrogen-bond donors (Lipinski definition) is 2. The maximum Gasteiger partial charge on any atom is 0.217 e. The Morgan fingerprint density at radius 2 is 2.21 bits per heavy atom. The van der Waals surface area contributed by atoms with Gasteiger partial charge in [0.2, 0.25) is 5.88 Å². The number of nitrogens with zero attached hydrogens (tertiary/aromatic N) is 2. The maximum atomic E-state index is 7.71. The molecule has 0 aliphatic rings. The molecule has 0 bridgehead atoms. The van der Waals surface area contributed by atoms with Gasteiger partial charge < -0.3 is 10.5 Å². The Bertz CT molecular complexity index is 621. The molecule has 0 radical (unpaired) electrons. The van der Waals surface area contributed by atoms with E-state index in [0.717, 1.165) is 10.6 Å². The summed E-state index contributed by atoms with van der Waals surface area (Å²) in [5, 5.41) is 11.9. The number of rotatable bonds is 4. The van der Waals surface area contributed by atoms with Crippen LogP contribution in [0.3, 0.4) is 0 Å². The number of nitrogen functional groups attached to an aromatic ring is 1. The van der Waals surface area contributed by atoms with E-state index in [4.69, 9.17) is 15.9 Å². The quantitative estimate of drug-likeness (QED) is 0.511. The van der Waals surface area contributed by atoms with Crippen LogP contribution >= 0.6 is 11.8 Å². The van der Waals surface area contributed by atoms with Gasteiger partial charge in [-0.15, -0.1) is 11.8 Å². The first-order valence-corrected chi connectivity index (χ1v) is 6.95. The van der Waals surface area contributed by atoms with Crippen molar-refractivity contribution in [1.29, 1.82) is 5.41 Å². The summed E-state index contributed by atoms with van der Waals surface area (Å²) in [7, 11) is 1.81. The molecule has 5 nitrogen and oxygen atoms in total. The second kappa shape index (κ2) is 5.36. The average Bonchev–Trinajstić information content (AvgIpc) is 2.67. The average molecular weight is 276 g/mol. The lowest BCUT2D eigenvalue weighted by molar-refractivity contribution is 0.428. The minimum atomic E-state index is -0.00107. The van der Waals surface area contributed by atoms with Crippen LogP contribution in [-0.2, 0) is 7.05 Å². The van der Waals surface area contributed by atoms with E-state index in [0.29, 0.717) is 17.2 Å². The number of nitrogens with one attached hydrogen (secondary N) is 1. The summed E-state index contributed by atoms with van der Waals surface area (Å²) in [6.45, 7) is 1.90. The number of benzene rings is 1. The van der Waals surface area contributed by atoms with Crippen molar-refractivity contribution in [2.45, 2.75) is 11.8 Å². The molecule has 0 amide bonds. The lowest BCUT2D eigenvalue weighted by Crippen LogP contribution is -2.14. The van der Waals surface area contributed by atoms with Crippen molar-refractivity contribution in [3.05, 3.63) is 35.5 Å². The van der Waals surface area contributed by atoms with Gasteiger partial charge in [0.15, 0.2) is 0 Å². The van der Waals surface area contributed by atoms with E-state index in [1.54, 1.807) is 10.7 Å². The zero-order valence-electron chi connectivity index (χ0n) is 11.1. The van der Waals surface area contributed by atoms with Crippen molar-refractivity contribution in [3.63, 3.8) is 0 Å². The van der Waals surface area contributed by atoms with E-state index >= 15 is 0 Å². The summed E-state index contributed by atoms with van der Waals surface area (Å²) in [6.07, 6.45) is 1.94. The predicted molar refractivity (Wildman–Crippen MR) is 77.3 cm³/mol. The van der Waals surface area contributed by atoms with Gasteiger partial charge in [-0.3, -0.25) is 5.41 Å². The van der Waals surface area contributed by atoms with Crippen molar-refractivity contribution in [3.8, 4) is 11.6 Å². The molecular formula is C13H16N4OS. The Labute approximate surface area is 116 Å². The molecule has 6 heteroatoms. The van der Waals surface area contributed by atoms with Gasteiger partial charge in [-0.25, -0.2) is 4.68 Å². The predicted octanol–water partition coefficient (Wildman–Crippen LogP) is 2.53. The minimum absolute atomic E-state index is 0.00107. The van der Waals surface area contributed by atoms with Crippen LogP contribution < -0.4 is 10.5 Å². The highest BCUT2D eigenvalue weighted by molar-refractivity contribution is 7.98. The standard InChI is InChI=1S/C13H16N4OS/c1-8-7-11(17(2)16-8)18-9-5-4-6-10(19-3)12(9)13(14)15/h4-7H,1-3H3,(H3,14,15). The van der Waals surface area contributed by atoms with Gasteiger partial charge in [-0.2, -0.15) is 5.10 Å². The number of aromatic nitrogens is 2. The number of ether oxygens (including phenoxy) is 1. The molecule has 100 valence electrons. The molecule has 2 rings (SSSR count). The number of amidine groups is 1.